The van der Waals surface area contributed by atoms with Gasteiger partial charge in [0.05, 0.1) is 5.52 Å². The van der Waals surface area contributed by atoms with Crippen LogP contribution in [0, 0.1) is 27.7 Å². The van der Waals surface area contributed by atoms with E-state index in [4.69, 9.17) is 5.53 Å². The monoisotopic (exact) mass is 226 g/mol. The molecule has 0 radical (unpaired) electrons. The number of azide groups is 1. The molecular formula is C13H14N4. The van der Waals surface area contributed by atoms with Crippen LogP contribution in [-0.4, -0.2) is 4.98 Å². The molecule has 0 N–H and O–H groups in total. The molecule has 0 aliphatic heterocycles. The Balaban J connectivity index is 2.94. The Hall–Kier alpha value is -2.06. The van der Waals surface area contributed by atoms with Gasteiger partial charge in [-0.2, -0.15) is 0 Å². The Kier molecular flexibility index (Phi) is 2.74. The van der Waals surface area contributed by atoms with Crippen LogP contribution >= 0.6 is 0 Å². The fraction of sp³-hybridized carbons (Fsp3) is 0.308. The van der Waals surface area contributed by atoms with E-state index in [0.717, 1.165) is 22.2 Å². The lowest BCUT2D eigenvalue weighted by Crippen LogP contribution is -1.95. The van der Waals surface area contributed by atoms with Crippen molar-refractivity contribution in [2.75, 3.05) is 0 Å². The van der Waals surface area contributed by atoms with Crippen LogP contribution < -0.4 is 0 Å². The molecule has 17 heavy (non-hydrogen) atoms. The number of pyridine rings is 1. The highest BCUT2D eigenvalue weighted by Crippen LogP contribution is 2.31. The van der Waals surface area contributed by atoms with Gasteiger partial charge in [-0.3, -0.25) is 4.98 Å². The van der Waals surface area contributed by atoms with Gasteiger partial charge in [-0.25, -0.2) is 0 Å². The van der Waals surface area contributed by atoms with Crippen molar-refractivity contribution in [1.82, 2.24) is 4.98 Å². The number of fused-ring (bicyclic) bond motifs is 1. The molecule has 0 aliphatic carbocycles. The lowest BCUT2D eigenvalue weighted by molar-refractivity contribution is 1.16. The SMILES string of the molecule is Cc1nc2ccc(N=[N+]=[N-])c(C)c2c(C)c1C. The number of benzene rings is 1. The molecule has 0 aliphatic rings. The summed E-state index contributed by atoms with van der Waals surface area (Å²) in [5.74, 6) is 0. The first-order valence-electron chi connectivity index (χ1n) is 5.48. The first-order chi connectivity index (χ1) is 8.06. The van der Waals surface area contributed by atoms with Crippen molar-refractivity contribution < 1.29 is 0 Å². The molecule has 2 aromatic rings. The minimum absolute atomic E-state index is 0.674. The van der Waals surface area contributed by atoms with Gasteiger partial charge in [-0.1, -0.05) is 11.2 Å². The Bertz CT molecular complexity index is 652. The summed E-state index contributed by atoms with van der Waals surface area (Å²) in [5, 5.41) is 4.80. The van der Waals surface area contributed by atoms with Crippen LogP contribution in [0.4, 0.5) is 5.69 Å². The molecule has 2 rings (SSSR count). The third-order valence-electron chi connectivity index (χ3n) is 3.34. The molecule has 1 heterocycles. The minimum atomic E-state index is 0.674. The zero-order valence-electron chi connectivity index (χ0n) is 10.4. The lowest BCUT2D eigenvalue weighted by Gasteiger charge is -2.12. The van der Waals surface area contributed by atoms with E-state index in [0.29, 0.717) is 5.69 Å². The molecule has 4 heteroatoms. The zero-order chi connectivity index (χ0) is 12.6. The van der Waals surface area contributed by atoms with Gasteiger partial charge in [0.2, 0.25) is 0 Å². The van der Waals surface area contributed by atoms with Crippen molar-refractivity contribution in [2.24, 2.45) is 5.11 Å². The second kappa shape index (κ2) is 4.07. The van der Waals surface area contributed by atoms with Crippen molar-refractivity contribution in [3.05, 3.63) is 45.0 Å². The van der Waals surface area contributed by atoms with Gasteiger partial charge in [0.15, 0.2) is 0 Å². The predicted octanol–water partition coefficient (Wildman–Crippen LogP) is 4.41. The third-order valence-corrected chi connectivity index (χ3v) is 3.34. The van der Waals surface area contributed by atoms with Crippen molar-refractivity contribution >= 4 is 16.6 Å². The van der Waals surface area contributed by atoms with E-state index in [1.807, 2.05) is 26.0 Å². The van der Waals surface area contributed by atoms with Crippen LogP contribution in [0.3, 0.4) is 0 Å². The second-order valence-electron chi connectivity index (χ2n) is 4.24. The molecule has 0 amide bonds. The molecule has 4 nitrogen and oxygen atoms in total. The average molecular weight is 226 g/mol. The van der Waals surface area contributed by atoms with Crippen molar-refractivity contribution in [3.8, 4) is 0 Å². The molecule has 0 bridgehead atoms. The Morgan fingerprint density at radius 3 is 2.41 bits per heavy atom. The van der Waals surface area contributed by atoms with Gasteiger partial charge in [0.1, 0.15) is 0 Å². The van der Waals surface area contributed by atoms with E-state index in [1.165, 1.54) is 11.1 Å². The van der Waals surface area contributed by atoms with Crippen molar-refractivity contribution in [1.29, 1.82) is 0 Å². The standard InChI is InChI=1S/C13H14N4/c1-7-8(2)13-9(3)11(16-17-14)5-6-12(13)15-10(7)4/h5-6H,1-4H3. The van der Waals surface area contributed by atoms with Gasteiger partial charge in [0.25, 0.3) is 0 Å². The normalized spacial score (nSPS) is 10.4. The molecule has 0 atom stereocenters. The number of nitrogens with zero attached hydrogens (tertiary/aromatic N) is 4. The summed E-state index contributed by atoms with van der Waals surface area (Å²) >= 11 is 0. The van der Waals surface area contributed by atoms with E-state index in [9.17, 15) is 0 Å². The number of aryl methyl sites for hydroxylation is 3. The minimum Gasteiger partial charge on any atom is -0.253 e. The number of hydrogen-bond donors (Lipinski definition) is 0. The first kappa shape index (κ1) is 11.4. The maximum Gasteiger partial charge on any atom is 0.0710 e. The summed E-state index contributed by atoms with van der Waals surface area (Å²) in [6.07, 6.45) is 0. The fourth-order valence-corrected chi connectivity index (χ4v) is 2.13. The molecule has 0 spiro atoms. The van der Waals surface area contributed by atoms with Crippen LogP contribution in [0.1, 0.15) is 22.4 Å². The zero-order valence-corrected chi connectivity index (χ0v) is 10.4. The van der Waals surface area contributed by atoms with Gasteiger partial charge in [0, 0.05) is 21.7 Å². The van der Waals surface area contributed by atoms with Crippen molar-refractivity contribution in [2.45, 2.75) is 27.7 Å². The van der Waals surface area contributed by atoms with E-state index >= 15 is 0 Å². The van der Waals surface area contributed by atoms with Gasteiger partial charge >= 0.3 is 0 Å². The summed E-state index contributed by atoms with van der Waals surface area (Å²) in [6.45, 7) is 8.13. The van der Waals surface area contributed by atoms with Crippen LogP contribution in [0.15, 0.2) is 17.2 Å². The average Bonchev–Trinajstić information content (AvgIpc) is 2.30. The van der Waals surface area contributed by atoms with Crippen LogP contribution in [0.5, 0.6) is 0 Å². The van der Waals surface area contributed by atoms with Crippen LogP contribution in [0.2, 0.25) is 0 Å². The topological polar surface area (TPSA) is 61.7 Å². The summed E-state index contributed by atoms with van der Waals surface area (Å²) in [7, 11) is 0. The second-order valence-corrected chi connectivity index (χ2v) is 4.24. The molecule has 0 saturated heterocycles. The summed E-state index contributed by atoms with van der Waals surface area (Å²) in [4.78, 5) is 7.41. The molecule has 0 fully saturated rings. The largest absolute Gasteiger partial charge is 0.253 e. The highest BCUT2D eigenvalue weighted by molar-refractivity contribution is 5.90. The summed E-state index contributed by atoms with van der Waals surface area (Å²) < 4.78 is 0. The summed E-state index contributed by atoms with van der Waals surface area (Å²) in [6, 6.07) is 3.73. The van der Waals surface area contributed by atoms with Gasteiger partial charge < -0.3 is 0 Å². The Labute approximate surface area is 99.9 Å². The van der Waals surface area contributed by atoms with E-state index < -0.39 is 0 Å². The predicted molar refractivity (Wildman–Crippen MR) is 69.5 cm³/mol. The molecular weight excluding hydrogens is 212 g/mol. The molecule has 86 valence electrons. The Morgan fingerprint density at radius 1 is 1.06 bits per heavy atom. The van der Waals surface area contributed by atoms with E-state index in [-0.39, 0.29) is 0 Å². The maximum absolute atomic E-state index is 8.53. The quantitative estimate of drug-likeness (QED) is 0.403. The number of aromatic nitrogens is 1. The maximum atomic E-state index is 8.53. The third kappa shape index (κ3) is 1.73. The molecule has 0 unspecified atom stereocenters. The van der Waals surface area contributed by atoms with Gasteiger partial charge in [-0.15, -0.1) is 0 Å². The Morgan fingerprint density at radius 2 is 1.76 bits per heavy atom. The van der Waals surface area contributed by atoms with E-state index in [2.05, 4.69) is 28.9 Å². The van der Waals surface area contributed by atoms with E-state index in [1.54, 1.807) is 0 Å². The summed E-state index contributed by atoms with van der Waals surface area (Å²) in [5.41, 5.74) is 14.6. The van der Waals surface area contributed by atoms with Crippen molar-refractivity contribution in [3.63, 3.8) is 0 Å². The molecule has 1 aromatic heterocycles. The van der Waals surface area contributed by atoms with Crippen LogP contribution in [-0.2, 0) is 0 Å². The molecule has 1 aromatic carbocycles. The molecule has 0 saturated carbocycles. The number of hydrogen-bond acceptors (Lipinski definition) is 2. The van der Waals surface area contributed by atoms with Gasteiger partial charge in [-0.05, 0) is 56.0 Å². The lowest BCUT2D eigenvalue weighted by atomic mass is 9.98. The number of rotatable bonds is 1. The van der Waals surface area contributed by atoms with Crippen LogP contribution in [0.25, 0.3) is 21.3 Å². The highest BCUT2D eigenvalue weighted by atomic mass is 15.1. The highest BCUT2D eigenvalue weighted by Gasteiger charge is 2.09. The first-order valence-corrected chi connectivity index (χ1v) is 5.48. The fourth-order valence-electron chi connectivity index (χ4n) is 2.13. The smallest absolute Gasteiger partial charge is 0.0710 e.